The average Bonchev–Trinajstić information content (AvgIpc) is 3.08. The number of rotatable bonds is 4. The van der Waals surface area contributed by atoms with Gasteiger partial charge >= 0.3 is 5.97 Å². The second kappa shape index (κ2) is 5.41. The fourth-order valence-corrected chi connectivity index (χ4v) is 3.23. The number of ether oxygens (including phenoxy) is 1. The minimum atomic E-state index is -0.785. The second-order valence-corrected chi connectivity index (χ2v) is 5.56. The molecule has 0 spiro atoms. The van der Waals surface area contributed by atoms with Gasteiger partial charge in [0.25, 0.3) is 0 Å². The molecule has 1 atom stereocenters. The number of hydrogen-bond acceptors (Lipinski definition) is 3. The molecule has 1 saturated heterocycles. The van der Waals surface area contributed by atoms with E-state index in [1.54, 1.807) is 7.11 Å². The van der Waals surface area contributed by atoms with Gasteiger partial charge in [-0.05, 0) is 44.1 Å². The molecule has 1 aliphatic heterocycles. The number of methoxy groups -OCH3 is 1. The first-order valence-corrected chi connectivity index (χ1v) is 7.21. The molecule has 5 heteroatoms. The van der Waals surface area contributed by atoms with Crippen LogP contribution in [-0.4, -0.2) is 40.7 Å². The van der Waals surface area contributed by atoms with E-state index in [1.165, 1.54) is 0 Å². The van der Waals surface area contributed by atoms with E-state index in [2.05, 4.69) is 4.90 Å². The zero-order chi connectivity index (χ0) is 15.0. The van der Waals surface area contributed by atoms with E-state index in [1.807, 2.05) is 36.0 Å². The normalized spacial score (nSPS) is 17.2. The third kappa shape index (κ3) is 2.38. The SMILES string of the molecule is COc1ccc2c(c1)c(C(C(=O)O)N1CCCC1)cn2C. The highest BCUT2D eigenvalue weighted by Gasteiger charge is 2.31. The third-order valence-corrected chi connectivity index (χ3v) is 4.26. The number of aryl methyl sites for hydroxylation is 1. The summed E-state index contributed by atoms with van der Waals surface area (Å²) in [5.74, 6) is -0.0345. The molecule has 3 rings (SSSR count). The maximum Gasteiger partial charge on any atom is 0.325 e. The summed E-state index contributed by atoms with van der Waals surface area (Å²) in [4.78, 5) is 13.9. The van der Waals surface area contributed by atoms with Crippen LogP contribution in [0.15, 0.2) is 24.4 Å². The van der Waals surface area contributed by atoms with E-state index in [9.17, 15) is 9.90 Å². The van der Waals surface area contributed by atoms with Gasteiger partial charge in [0.2, 0.25) is 0 Å². The average molecular weight is 288 g/mol. The van der Waals surface area contributed by atoms with E-state index in [-0.39, 0.29) is 0 Å². The van der Waals surface area contributed by atoms with Gasteiger partial charge in [-0.25, -0.2) is 0 Å². The zero-order valence-corrected chi connectivity index (χ0v) is 12.4. The summed E-state index contributed by atoms with van der Waals surface area (Å²) < 4.78 is 7.26. The topological polar surface area (TPSA) is 54.7 Å². The number of likely N-dealkylation sites (tertiary alicyclic amines) is 1. The predicted octanol–water partition coefficient (Wildman–Crippen LogP) is 2.41. The highest BCUT2D eigenvalue weighted by molar-refractivity contribution is 5.90. The number of benzene rings is 1. The molecule has 2 aromatic rings. The monoisotopic (exact) mass is 288 g/mol. The Bertz CT molecular complexity index is 671. The molecular weight excluding hydrogens is 268 g/mol. The van der Waals surface area contributed by atoms with Crippen molar-refractivity contribution in [1.82, 2.24) is 9.47 Å². The maximum absolute atomic E-state index is 11.8. The third-order valence-electron chi connectivity index (χ3n) is 4.26. The smallest absolute Gasteiger partial charge is 0.325 e. The van der Waals surface area contributed by atoms with Crippen LogP contribution in [-0.2, 0) is 11.8 Å². The Morgan fingerprint density at radius 3 is 2.67 bits per heavy atom. The van der Waals surface area contributed by atoms with Crippen LogP contribution in [0, 0.1) is 0 Å². The van der Waals surface area contributed by atoms with Gasteiger partial charge in [0.15, 0.2) is 0 Å². The van der Waals surface area contributed by atoms with Crippen molar-refractivity contribution in [3.8, 4) is 5.75 Å². The molecule has 2 heterocycles. The summed E-state index contributed by atoms with van der Waals surface area (Å²) in [6.45, 7) is 1.69. The van der Waals surface area contributed by atoms with Crippen molar-refractivity contribution >= 4 is 16.9 Å². The molecule has 5 nitrogen and oxygen atoms in total. The van der Waals surface area contributed by atoms with Crippen molar-refractivity contribution in [2.24, 2.45) is 7.05 Å². The Balaban J connectivity index is 2.14. The fraction of sp³-hybridized carbons (Fsp3) is 0.438. The van der Waals surface area contributed by atoms with Crippen LogP contribution < -0.4 is 4.74 Å². The van der Waals surface area contributed by atoms with Crippen LogP contribution in [0.3, 0.4) is 0 Å². The van der Waals surface area contributed by atoms with Crippen LogP contribution >= 0.6 is 0 Å². The first-order valence-electron chi connectivity index (χ1n) is 7.21. The molecule has 0 saturated carbocycles. The standard InChI is InChI=1S/C16H20N2O3/c1-17-10-13(12-9-11(21-2)5-6-14(12)17)15(16(19)20)18-7-3-4-8-18/h5-6,9-10,15H,3-4,7-8H2,1-2H3,(H,19,20). The van der Waals surface area contributed by atoms with Crippen molar-refractivity contribution in [3.63, 3.8) is 0 Å². The lowest BCUT2D eigenvalue weighted by molar-refractivity contribution is -0.143. The highest BCUT2D eigenvalue weighted by atomic mass is 16.5. The van der Waals surface area contributed by atoms with E-state index in [0.29, 0.717) is 0 Å². The Labute approximate surface area is 123 Å². The molecule has 1 aliphatic rings. The van der Waals surface area contributed by atoms with Gasteiger partial charge in [-0.1, -0.05) is 0 Å². The van der Waals surface area contributed by atoms with Crippen LogP contribution in [0.5, 0.6) is 5.75 Å². The lowest BCUT2D eigenvalue weighted by Gasteiger charge is -2.23. The van der Waals surface area contributed by atoms with Gasteiger partial charge in [-0.15, -0.1) is 0 Å². The molecule has 0 amide bonds. The van der Waals surface area contributed by atoms with Crippen molar-refractivity contribution in [3.05, 3.63) is 30.0 Å². The molecule has 0 radical (unpaired) electrons. The number of nitrogens with zero attached hydrogens (tertiary/aromatic N) is 2. The molecule has 1 aromatic heterocycles. The Morgan fingerprint density at radius 1 is 1.33 bits per heavy atom. The predicted molar refractivity (Wildman–Crippen MR) is 80.7 cm³/mol. The minimum absolute atomic E-state index is 0.580. The summed E-state index contributed by atoms with van der Waals surface area (Å²) in [5, 5.41) is 10.7. The van der Waals surface area contributed by atoms with Crippen LogP contribution in [0.1, 0.15) is 24.4 Å². The quantitative estimate of drug-likeness (QED) is 0.938. The first-order chi connectivity index (χ1) is 10.1. The second-order valence-electron chi connectivity index (χ2n) is 5.56. The van der Waals surface area contributed by atoms with Crippen LogP contribution in [0.4, 0.5) is 0 Å². The van der Waals surface area contributed by atoms with Gasteiger partial charge in [-0.2, -0.15) is 0 Å². The number of fused-ring (bicyclic) bond motifs is 1. The Morgan fingerprint density at radius 2 is 2.05 bits per heavy atom. The van der Waals surface area contributed by atoms with Crippen molar-refractivity contribution in [2.45, 2.75) is 18.9 Å². The fourth-order valence-electron chi connectivity index (χ4n) is 3.23. The summed E-state index contributed by atoms with van der Waals surface area (Å²) in [5.41, 5.74) is 1.87. The number of aromatic nitrogens is 1. The van der Waals surface area contributed by atoms with Crippen molar-refractivity contribution in [2.75, 3.05) is 20.2 Å². The molecule has 112 valence electrons. The number of carboxylic acids is 1. The lowest BCUT2D eigenvalue weighted by Crippen LogP contribution is -2.31. The molecular formula is C16H20N2O3. The number of aliphatic carboxylic acids is 1. The van der Waals surface area contributed by atoms with E-state index < -0.39 is 12.0 Å². The molecule has 1 N–H and O–H groups in total. The molecule has 21 heavy (non-hydrogen) atoms. The summed E-state index contributed by atoms with van der Waals surface area (Å²) in [6, 6.07) is 5.22. The van der Waals surface area contributed by atoms with Gasteiger partial charge in [0.1, 0.15) is 11.8 Å². The van der Waals surface area contributed by atoms with Gasteiger partial charge in [-0.3, -0.25) is 9.69 Å². The lowest BCUT2D eigenvalue weighted by atomic mass is 10.0. The van der Waals surface area contributed by atoms with Gasteiger partial charge in [0.05, 0.1) is 7.11 Å². The molecule has 1 aromatic carbocycles. The van der Waals surface area contributed by atoms with Gasteiger partial charge in [0, 0.05) is 29.7 Å². The molecule has 0 bridgehead atoms. The first kappa shape index (κ1) is 13.9. The minimum Gasteiger partial charge on any atom is -0.497 e. The van der Waals surface area contributed by atoms with Crippen molar-refractivity contribution in [1.29, 1.82) is 0 Å². The van der Waals surface area contributed by atoms with E-state index in [4.69, 9.17) is 4.74 Å². The maximum atomic E-state index is 11.8. The molecule has 1 fully saturated rings. The van der Waals surface area contributed by atoms with Crippen molar-refractivity contribution < 1.29 is 14.6 Å². The number of carbonyl (C=O) groups is 1. The largest absolute Gasteiger partial charge is 0.497 e. The van der Waals surface area contributed by atoms with E-state index >= 15 is 0 Å². The number of hydrogen-bond donors (Lipinski definition) is 1. The Kier molecular flexibility index (Phi) is 3.59. The van der Waals surface area contributed by atoms with Crippen LogP contribution in [0.25, 0.3) is 10.9 Å². The van der Waals surface area contributed by atoms with Crippen LogP contribution in [0.2, 0.25) is 0 Å². The summed E-state index contributed by atoms with van der Waals surface area (Å²) in [7, 11) is 3.57. The number of carboxylic acid groups (broad SMARTS) is 1. The van der Waals surface area contributed by atoms with E-state index in [0.717, 1.165) is 48.1 Å². The Hall–Kier alpha value is -2.01. The summed E-state index contributed by atoms with van der Waals surface area (Å²) >= 11 is 0. The highest BCUT2D eigenvalue weighted by Crippen LogP contribution is 2.33. The molecule has 1 unspecified atom stereocenters. The zero-order valence-electron chi connectivity index (χ0n) is 12.4. The van der Waals surface area contributed by atoms with Gasteiger partial charge < -0.3 is 14.4 Å². The summed E-state index contributed by atoms with van der Waals surface area (Å²) in [6.07, 6.45) is 4.07. The molecule has 0 aliphatic carbocycles.